The second-order valence-corrected chi connectivity index (χ2v) is 15.1. The standard InChI is InChI=1S/C55H35N3/c1-2-14-36(15-3-1)39-29-28-37-30-31-41(35-40(37)34-39)57-50-24-9-6-18-46(50)53-47-19-7-10-25-51(47)58(52-26-11-8-20-48(52)55(53)57)49-27-13-21-43-44(49)22-12-23-45(43)54-42-17-5-4-16-38(42)32-33-56-54/h1-35H. The molecule has 0 atom stereocenters. The van der Waals surface area contributed by atoms with Gasteiger partial charge in [-0.05, 0) is 81.2 Å². The minimum atomic E-state index is 0.997. The number of nitrogens with zero attached hydrogens (tertiary/aromatic N) is 3. The van der Waals surface area contributed by atoms with Crippen molar-refractivity contribution in [1.82, 2.24) is 9.55 Å². The maximum absolute atomic E-state index is 4.97. The fourth-order valence-electron chi connectivity index (χ4n) is 9.39. The molecule has 0 unspecified atom stereocenters. The zero-order valence-corrected chi connectivity index (χ0v) is 31.5. The van der Waals surface area contributed by atoms with Crippen LogP contribution >= 0.6 is 0 Å². The molecule has 58 heavy (non-hydrogen) atoms. The maximum atomic E-state index is 4.97. The minimum absolute atomic E-state index is 0.997. The fraction of sp³-hybridized carbons (Fsp3) is 0. The maximum Gasteiger partial charge on any atom is 0.0786 e. The first kappa shape index (κ1) is 32.5. The van der Waals surface area contributed by atoms with E-state index in [9.17, 15) is 0 Å². The molecular weight excluding hydrogens is 703 g/mol. The molecule has 3 nitrogen and oxygen atoms in total. The van der Waals surface area contributed by atoms with Gasteiger partial charge in [0.05, 0.1) is 34.0 Å². The van der Waals surface area contributed by atoms with E-state index in [1.165, 1.54) is 71.3 Å². The molecule has 0 amide bonds. The topological polar surface area (TPSA) is 21.1 Å². The van der Waals surface area contributed by atoms with Gasteiger partial charge in [0, 0.05) is 50.3 Å². The van der Waals surface area contributed by atoms with Crippen molar-refractivity contribution in [2.24, 2.45) is 0 Å². The molecule has 0 fully saturated rings. The van der Waals surface area contributed by atoms with E-state index in [2.05, 4.69) is 216 Å². The Morgan fingerprint density at radius 2 is 1.02 bits per heavy atom. The van der Waals surface area contributed by atoms with Crippen molar-refractivity contribution in [3.05, 3.63) is 212 Å². The van der Waals surface area contributed by atoms with Gasteiger partial charge in [0.2, 0.25) is 0 Å². The predicted molar refractivity (Wildman–Crippen MR) is 244 cm³/mol. The van der Waals surface area contributed by atoms with Gasteiger partial charge < -0.3 is 9.47 Å². The highest BCUT2D eigenvalue weighted by Crippen LogP contribution is 2.55. The van der Waals surface area contributed by atoms with Gasteiger partial charge in [0.1, 0.15) is 0 Å². The Hall–Kier alpha value is -7.75. The lowest BCUT2D eigenvalue weighted by atomic mass is 9.96. The lowest BCUT2D eigenvalue weighted by Gasteiger charge is -2.29. The van der Waals surface area contributed by atoms with Crippen LogP contribution in [-0.2, 0) is 0 Å². The summed E-state index contributed by atoms with van der Waals surface area (Å²) in [5.74, 6) is 0. The highest BCUT2D eigenvalue weighted by Gasteiger charge is 2.32. The molecule has 0 aliphatic carbocycles. The van der Waals surface area contributed by atoms with Crippen LogP contribution in [0.1, 0.15) is 0 Å². The molecule has 1 aliphatic rings. The molecule has 1 aliphatic heterocycles. The van der Waals surface area contributed by atoms with E-state index < -0.39 is 0 Å². The molecule has 9 aromatic carbocycles. The van der Waals surface area contributed by atoms with Gasteiger partial charge in [-0.2, -0.15) is 0 Å². The fourth-order valence-corrected chi connectivity index (χ4v) is 9.39. The van der Waals surface area contributed by atoms with Crippen molar-refractivity contribution >= 4 is 60.3 Å². The molecule has 0 N–H and O–H groups in total. The summed E-state index contributed by atoms with van der Waals surface area (Å²) in [7, 11) is 0. The Bertz CT molecular complexity index is 3410. The largest absolute Gasteiger partial charge is 0.309 e. The smallest absolute Gasteiger partial charge is 0.0786 e. The number of para-hydroxylation sites is 3. The third-order valence-corrected chi connectivity index (χ3v) is 11.9. The van der Waals surface area contributed by atoms with Gasteiger partial charge >= 0.3 is 0 Å². The van der Waals surface area contributed by atoms with Gasteiger partial charge in [0.15, 0.2) is 0 Å². The van der Waals surface area contributed by atoms with Crippen molar-refractivity contribution in [2.45, 2.75) is 0 Å². The zero-order chi connectivity index (χ0) is 38.2. The average Bonchev–Trinajstić information content (AvgIpc) is 3.58. The summed E-state index contributed by atoms with van der Waals surface area (Å²) in [6.45, 7) is 0. The van der Waals surface area contributed by atoms with E-state index in [0.717, 1.165) is 39.4 Å². The zero-order valence-electron chi connectivity index (χ0n) is 31.5. The molecule has 2 aromatic heterocycles. The van der Waals surface area contributed by atoms with Gasteiger partial charge in [-0.3, -0.25) is 4.98 Å². The van der Waals surface area contributed by atoms with Crippen molar-refractivity contribution < 1.29 is 0 Å². The summed E-state index contributed by atoms with van der Waals surface area (Å²) in [4.78, 5) is 7.45. The monoisotopic (exact) mass is 737 g/mol. The first-order chi connectivity index (χ1) is 28.8. The van der Waals surface area contributed by atoms with Gasteiger partial charge in [-0.1, -0.05) is 158 Å². The van der Waals surface area contributed by atoms with E-state index in [4.69, 9.17) is 4.98 Å². The summed E-state index contributed by atoms with van der Waals surface area (Å²) in [6, 6.07) is 75.1. The molecule has 12 rings (SSSR count). The predicted octanol–water partition coefficient (Wildman–Crippen LogP) is 14.9. The molecule has 3 heteroatoms. The summed E-state index contributed by atoms with van der Waals surface area (Å²) in [5.41, 5.74) is 15.1. The Morgan fingerprint density at radius 1 is 0.362 bits per heavy atom. The number of benzene rings is 9. The first-order valence-corrected chi connectivity index (χ1v) is 19.9. The second-order valence-electron chi connectivity index (χ2n) is 15.1. The molecule has 0 saturated heterocycles. The number of fused-ring (bicyclic) bond motifs is 10. The Morgan fingerprint density at radius 3 is 1.91 bits per heavy atom. The molecule has 11 aromatic rings. The van der Waals surface area contributed by atoms with Gasteiger partial charge in [-0.15, -0.1) is 0 Å². The number of pyridine rings is 1. The number of anilines is 3. The minimum Gasteiger partial charge on any atom is -0.309 e. The van der Waals surface area contributed by atoms with Crippen LogP contribution in [0.15, 0.2) is 212 Å². The number of hydrogen-bond acceptors (Lipinski definition) is 2. The third-order valence-electron chi connectivity index (χ3n) is 11.9. The molecule has 0 radical (unpaired) electrons. The van der Waals surface area contributed by atoms with Crippen LogP contribution in [0.3, 0.4) is 0 Å². The highest BCUT2D eigenvalue weighted by molar-refractivity contribution is 6.16. The van der Waals surface area contributed by atoms with E-state index in [0.29, 0.717) is 0 Å². The van der Waals surface area contributed by atoms with Crippen molar-refractivity contribution in [3.63, 3.8) is 0 Å². The number of aromatic nitrogens is 2. The van der Waals surface area contributed by atoms with E-state index in [1.807, 2.05) is 6.20 Å². The average molecular weight is 738 g/mol. The van der Waals surface area contributed by atoms with E-state index >= 15 is 0 Å². The summed E-state index contributed by atoms with van der Waals surface area (Å²) >= 11 is 0. The van der Waals surface area contributed by atoms with Crippen LogP contribution in [-0.4, -0.2) is 9.55 Å². The summed E-state index contributed by atoms with van der Waals surface area (Å²) < 4.78 is 2.49. The van der Waals surface area contributed by atoms with Crippen molar-refractivity contribution in [2.75, 3.05) is 4.90 Å². The van der Waals surface area contributed by atoms with Crippen LogP contribution in [0.4, 0.5) is 17.1 Å². The first-order valence-electron chi connectivity index (χ1n) is 19.9. The van der Waals surface area contributed by atoms with E-state index in [-0.39, 0.29) is 0 Å². The lowest BCUT2D eigenvalue weighted by Crippen LogP contribution is -2.11. The van der Waals surface area contributed by atoms with Crippen LogP contribution in [0.25, 0.3) is 93.7 Å². The van der Waals surface area contributed by atoms with Crippen molar-refractivity contribution in [1.29, 1.82) is 0 Å². The third kappa shape index (κ3) is 4.90. The van der Waals surface area contributed by atoms with Gasteiger partial charge in [0.25, 0.3) is 0 Å². The quantitative estimate of drug-likeness (QED) is 0.179. The highest BCUT2D eigenvalue weighted by atomic mass is 15.2. The number of hydrogen-bond donors (Lipinski definition) is 0. The summed E-state index contributed by atoms with van der Waals surface area (Å²) in [5, 5.41) is 8.33. The number of rotatable bonds is 4. The molecule has 270 valence electrons. The molecule has 0 saturated carbocycles. The SMILES string of the molecule is c1ccc(-c2ccc3ccc(-n4c5c(c6ccccc64)-c4ccccc4N(c4cccc6c(-c7nccc8ccccc78)cccc46)c4ccccc4-5)cc3c2)cc1. The Kier molecular flexibility index (Phi) is 7.23. The second kappa shape index (κ2) is 12.9. The van der Waals surface area contributed by atoms with Crippen LogP contribution in [0.5, 0.6) is 0 Å². The van der Waals surface area contributed by atoms with Crippen LogP contribution in [0.2, 0.25) is 0 Å². The summed E-state index contributed by atoms with van der Waals surface area (Å²) in [6.07, 6.45) is 1.93. The molecule has 0 bridgehead atoms. The van der Waals surface area contributed by atoms with Crippen LogP contribution in [0, 0.1) is 0 Å². The van der Waals surface area contributed by atoms with Crippen molar-refractivity contribution in [3.8, 4) is 50.5 Å². The Balaban J connectivity index is 1.12. The van der Waals surface area contributed by atoms with E-state index in [1.54, 1.807) is 0 Å². The molecular formula is C55H35N3. The molecule has 0 spiro atoms. The van der Waals surface area contributed by atoms with Crippen LogP contribution < -0.4 is 4.90 Å². The lowest BCUT2D eigenvalue weighted by molar-refractivity contribution is 1.14. The molecule has 3 heterocycles. The normalized spacial score (nSPS) is 12.1. The Labute approximate surface area is 336 Å². The van der Waals surface area contributed by atoms with Gasteiger partial charge in [-0.25, -0.2) is 0 Å².